The standard InChI is InChI=1S/C20H20N2O4S/c1-24-16-4-6-18-17(13-16)21-20(27-18)26-15-8-10-22(11-9-15)19(23)7-5-14-3-2-12-25-14/h2-7,12-13,15H,8-11H2,1H3/b7-5+. The molecular weight excluding hydrogens is 364 g/mol. The van der Waals surface area contributed by atoms with Crippen molar-refractivity contribution >= 4 is 33.5 Å². The van der Waals surface area contributed by atoms with Crippen LogP contribution in [0.2, 0.25) is 0 Å². The molecule has 1 aliphatic rings. The van der Waals surface area contributed by atoms with Gasteiger partial charge in [-0.25, -0.2) is 4.98 Å². The van der Waals surface area contributed by atoms with E-state index in [9.17, 15) is 4.79 Å². The van der Waals surface area contributed by atoms with E-state index in [4.69, 9.17) is 13.9 Å². The molecule has 1 fully saturated rings. The van der Waals surface area contributed by atoms with Crippen molar-refractivity contribution < 1.29 is 18.7 Å². The maximum Gasteiger partial charge on any atom is 0.274 e. The second-order valence-corrected chi connectivity index (χ2v) is 7.30. The fourth-order valence-corrected chi connectivity index (χ4v) is 3.91. The van der Waals surface area contributed by atoms with E-state index in [0.29, 0.717) is 24.0 Å². The number of benzene rings is 1. The van der Waals surface area contributed by atoms with Crippen molar-refractivity contribution in [1.29, 1.82) is 0 Å². The highest BCUT2D eigenvalue weighted by Crippen LogP contribution is 2.31. The summed E-state index contributed by atoms with van der Waals surface area (Å²) in [5.41, 5.74) is 0.880. The van der Waals surface area contributed by atoms with Gasteiger partial charge in [0.25, 0.3) is 5.19 Å². The van der Waals surface area contributed by atoms with E-state index in [1.165, 1.54) is 11.3 Å². The average Bonchev–Trinajstić information content (AvgIpc) is 3.35. The van der Waals surface area contributed by atoms with Gasteiger partial charge in [-0.3, -0.25) is 4.79 Å². The van der Waals surface area contributed by atoms with Gasteiger partial charge >= 0.3 is 0 Å². The van der Waals surface area contributed by atoms with Gasteiger partial charge in [-0.2, -0.15) is 0 Å². The summed E-state index contributed by atoms with van der Waals surface area (Å²) in [5.74, 6) is 1.46. The highest BCUT2D eigenvalue weighted by atomic mass is 32.1. The number of hydrogen-bond donors (Lipinski definition) is 0. The van der Waals surface area contributed by atoms with Crippen LogP contribution in [0.3, 0.4) is 0 Å². The Labute approximate surface area is 161 Å². The van der Waals surface area contributed by atoms with Crippen LogP contribution in [0.15, 0.2) is 47.1 Å². The van der Waals surface area contributed by atoms with E-state index in [0.717, 1.165) is 28.8 Å². The smallest absolute Gasteiger partial charge is 0.274 e. The molecule has 3 heterocycles. The monoisotopic (exact) mass is 384 g/mol. The van der Waals surface area contributed by atoms with Crippen LogP contribution in [-0.4, -0.2) is 42.1 Å². The Morgan fingerprint density at radius 2 is 2.19 bits per heavy atom. The molecule has 0 N–H and O–H groups in total. The molecule has 1 aromatic carbocycles. The number of aromatic nitrogens is 1. The van der Waals surface area contributed by atoms with E-state index in [-0.39, 0.29) is 12.0 Å². The summed E-state index contributed by atoms with van der Waals surface area (Å²) in [6.07, 6.45) is 6.50. The van der Waals surface area contributed by atoms with Crippen LogP contribution in [0.5, 0.6) is 10.9 Å². The molecule has 7 heteroatoms. The summed E-state index contributed by atoms with van der Waals surface area (Å²) in [6, 6.07) is 9.43. The quantitative estimate of drug-likeness (QED) is 0.623. The Balaban J connectivity index is 1.32. The van der Waals surface area contributed by atoms with Gasteiger partial charge in [-0.1, -0.05) is 11.3 Å². The summed E-state index contributed by atoms with van der Waals surface area (Å²) >= 11 is 1.53. The van der Waals surface area contributed by atoms with Crippen LogP contribution in [0.4, 0.5) is 0 Å². The normalized spacial score (nSPS) is 15.5. The molecule has 0 aliphatic carbocycles. The molecule has 140 valence electrons. The van der Waals surface area contributed by atoms with Crippen LogP contribution in [0, 0.1) is 0 Å². The predicted molar refractivity (Wildman–Crippen MR) is 104 cm³/mol. The van der Waals surface area contributed by atoms with Crippen LogP contribution in [0.25, 0.3) is 16.3 Å². The van der Waals surface area contributed by atoms with Gasteiger partial charge in [0.05, 0.1) is 23.6 Å². The molecule has 0 bridgehead atoms. The number of hydrogen-bond acceptors (Lipinski definition) is 6. The molecule has 1 saturated heterocycles. The number of rotatable bonds is 5. The van der Waals surface area contributed by atoms with Crippen molar-refractivity contribution in [2.45, 2.75) is 18.9 Å². The number of carbonyl (C=O) groups excluding carboxylic acids is 1. The van der Waals surface area contributed by atoms with Gasteiger partial charge < -0.3 is 18.8 Å². The van der Waals surface area contributed by atoms with Gasteiger partial charge in [0.1, 0.15) is 17.6 Å². The zero-order valence-electron chi connectivity index (χ0n) is 15.0. The zero-order valence-corrected chi connectivity index (χ0v) is 15.8. The lowest BCUT2D eigenvalue weighted by molar-refractivity contribution is -0.127. The third-order valence-corrected chi connectivity index (χ3v) is 5.46. The minimum atomic E-state index is -0.00284. The van der Waals surface area contributed by atoms with Crippen LogP contribution in [-0.2, 0) is 4.79 Å². The van der Waals surface area contributed by atoms with Crippen molar-refractivity contribution in [3.63, 3.8) is 0 Å². The minimum absolute atomic E-state index is 0.00284. The highest BCUT2D eigenvalue weighted by Gasteiger charge is 2.23. The number of amides is 1. The van der Waals surface area contributed by atoms with Crippen LogP contribution in [0.1, 0.15) is 18.6 Å². The molecule has 0 atom stereocenters. The molecule has 1 amide bonds. The number of furan rings is 1. The summed E-state index contributed by atoms with van der Waals surface area (Å²) in [7, 11) is 1.64. The summed E-state index contributed by atoms with van der Waals surface area (Å²) in [6.45, 7) is 1.34. The van der Waals surface area contributed by atoms with E-state index < -0.39 is 0 Å². The number of piperidine rings is 1. The number of nitrogens with zero attached hydrogens (tertiary/aromatic N) is 2. The fourth-order valence-electron chi connectivity index (χ4n) is 3.05. The third-order valence-electron chi connectivity index (χ3n) is 4.53. The van der Waals surface area contributed by atoms with E-state index in [1.807, 2.05) is 29.2 Å². The molecule has 0 unspecified atom stereocenters. The Kier molecular flexibility index (Phi) is 5.11. The van der Waals surface area contributed by atoms with Gasteiger partial charge in [-0.05, 0) is 30.3 Å². The Hall–Kier alpha value is -2.80. The molecule has 4 rings (SSSR count). The molecule has 3 aromatic rings. The highest BCUT2D eigenvalue weighted by molar-refractivity contribution is 7.20. The third kappa shape index (κ3) is 4.14. The molecule has 1 aliphatic heterocycles. The van der Waals surface area contributed by atoms with Gasteiger partial charge in [-0.15, -0.1) is 0 Å². The minimum Gasteiger partial charge on any atom is -0.497 e. The number of fused-ring (bicyclic) bond motifs is 1. The zero-order chi connectivity index (χ0) is 18.6. The van der Waals surface area contributed by atoms with E-state index >= 15 is 0 Å². The largest absolute Gasteiger partial charge is 0.497 e. The van der Waals surface area contributed by atoms with Crippen molar-refractivity contribution in [2.75, 3.05) is 20.2 Å². The first-order valence-corrected chi connectivity index (χ1v) is 9.64. The second kappa shape index (κ2) is 7.84. The lowest BCUT2D eigenvalue weighted by atomic mass is 10.1. The van der Waals surface area contributed by atoms with Crippen molar-refractivity contribution in [3.05, 3.63) is 48.4 Å². The van der Waals surface area contributed by atoms with Gasteiger partial charge in [0, 0.05) is 38.1 Å². The summed E-state index contributed by atoms with van der Waals surface area (Å²) in [4.78, 5) is 18.6. The summed E-state index contributed by atoms with van der Waals surface area (Å²) in [5, 5.41) is 0.667. The van der Waals surface area contributed by atoms with Crippen molar-refractivity contribution in [3.8, 4) is 10.9 Å². The van der Waals surface area contributed by atoms with Crippen LogP contribution < -0.4 is 9.47 Å². The molecular formula is C20H20N2O4S. The number of thiazole rings is 1. The lowest BCUT2D eigenvalue weighted by Gasteiger charge is -2.30. The fraction of sp³-hybridized carbons (Fsp3) is 0.300. The SMILES string of the molecule is COc1ccc2sc(OC3CCN(C(=O)/C=C/c4ccco4)CC3)nc2c1. The number of likely N-dealkylation sites (tertiary alicyclic amines) is 1. The molecule has 27 heavy (non-hydrogen) atoms. The Morgan fingerprint density at radius 3 is 2.93 bits per heavy atom. The average molecular weight is 384 g/mol. The second-order valence-electron chi connectivity index (χ2n) is 6.30. The number of methoxy groups -OCH3 is 1. The predicted octanol–water partition coefficient (Wildman–Crippen LogP) is 3.98. The van der Waals surface area contributed by atoms with Crippen molar-refractivity contribution in [1.82, 2.24) is 9.88 Å². The van der Waals surface area contributed by atoms with E-state index in [2.05, 4.69) is 4.98 Å². The maximum atomic E-state index is 12.3. The number of carbonyl (C=O) groups is 1. The van der Waals surface area contributed by atoms with E-state index in [1.54, 1.807) is 31.6 Å². The van der Waals surface area contributed by atoms with Crippen molar-refractivity contribution in [2.24, 2.45) is 0 Å². The molecule has 6 nitrogen and oxygen atoms in total. The summed E-state index contributed by atoms with van der Waals surface area (Å²) < 4.78 is 17.6. The van der Waals surface area contributed by atoms with Gasteiger partial charge in [0.2, 0.25) is 5.91 Å². The molecule has 0 radical (unpaired) electrons. The van der Waals surface area contributed by atoms with Crippen LogP contribution >= 0.6 is 11.3 Å². The Bertz CT molecular complexity index is 940. The first kappa shape index (κ1) is 17.6. The maximum absolute atomic E-state index is 12.3. The number of ether oxygens (including phenoxy) is 2. The first-order valence-electron chi connectivity index (χ1n) is 8.83. The molecule has 2 aromatic heterocycles. The molecule has 0 saturated carbocycles. The lowest BCUT2D eigenvalue weighted by Crippen LogP contribution is -2.41. The van der Waals surface area contributed by atoms with Gasteiger partial charge in [0.15, 0.2) is 0 Å². The first-order chi connectivity index (χ1) is 13.2. The topological polar surface area (TPSA) is 64.8 Å². The molecule has 0 spiro atoms. The Morgan fingerprint density at radius 1 is 1.33 bits per heavy atom.